The lowest BCUT2D eigenvalue weighted by molar-refractivity contribution is -0.139. The summed E-state index contributed by atoms with van der Waals surface area (Å²) in [6.07, 6.45) is 4.68. The van der Waals surface area contributed by atoms with Crippen molar-refractivity contribution in [2.24, 2.45) is 5.73 Å². The molecular formula is C26H35N3O2Si. The van der Waals surface area contributed by atoms with Gasteiger partial charge in [0, 0.05) is 6.17 Å². The third-order valence-corrected chi connectivity index (χ3v) is 9.69. The number of benzene rings is 2. The van der Waals surface area contributed by atoms with Crippen molar-refractivity contribution in [2.45, 2.75) is 69.9 Å². The Labute approximate surface area is 192 Å². The van der Waals surface area contributed by atoms with Crippen molar-refractivity contribution in [1.82, 2.24) is 10.2 Å². The number of hydrogen-bond acceptors (Lipinski definition) is 3. The van der Waals surface area contributed by atoms with Gasteiger partial charge in [-0.2, -0.15) is 0 Å². The molecule has 2 amide bonds. The number of nitrogens with two attached hydrogens (primary N) is 1. The standard InChI is InChI=1S/C26H35N3O2Si/c1-4-18-12-14-20(15-13-18)24(27)26(31)29-17-32(2,3)16-23(29)25(30)28-22-11-7-9-19-8-5-6-10-21(19)22/h5-6,8,10,12-15,22-24H,4,7,9,11,16-17,27H2,1-3H3,(H,28,30). The van der Waals surface area contributed by atoms with Crippen LogP contribution in [0.2, 0.25) is 19.1 Å². The van der Waals surface area contributed by atoms with Gasteiger partial charge in [-0.15, -0.1) is 0 Å². The number of fused-ring (bicyclic) bond motifs is 1. The Morgan fingerprint density at radius 2 is 1.88 bits per heavy atom. The summed E-state index contributed by atoms with van der Waals surface area (Å²) in [4.78, 5) is 28.7. The molecule has 5 nitrogen and oxygen atoms in total. The van der Waals surface area contributed by atoms with E-state index in [2.05, 4.69) is 43.5 Å². The van der Waals surface area contributed by atoms with Crippen molar-refractivity contribution in [3.8, 4) is 0 Å². The molecule has 2 aromatic carbocycles. The molecule has 1 aliphatic heterocycles. The minimum Gasteiger partial charge on any atom is -0.348 e. The van der Waals surface area contributed by atoms with Crippen LogP contribution in [0, 0.1) is 0 Å². The van der Waals surface area contributed by atoms with E-state index < -0.39 is 20.2 Å². The third kappa shape index (κ3) is 4.66. The van der Waals surface area contributed by atoms with Crippen LogP contribution in [0.5, 0.6) is 0 Å². The number of carbonyl (C=O) groups excluding carboxylic acids is 2. The lowest BCUT2D eigenvalue weighted by Crippen LogP contribution is -2.49. The van der Waals surface area contributed by atoms with E-state index in [0.717, 1.165) is 37.3 Å². The number of nitrogens with one attached hydrogen (secondary N) is 1. The summed E-state index contributed by atoms with van der Waals surface area (Å²) in [5, 5.41) is 3.28. The maximum Gasteiger partial charge on any atom is 0.244 e. The highest BCUT2D eigenvalue weighted by molar-refractivity contribution is 6.79. The molecule has 0 bridgehead atoms. The number of nitrogens with zero attached hydrogens (tertiary/aromatic N) is 1. The third-order valence-electron chi connectivity index (χ3n) is 7.01. The quantitative estimate of drug-likeness (QED) is 0.680. The summed E-state index contributed by atoms with van der Waals surface area (Å²) in [6.45, 7) is 6.60. The summed E-state index contributed by atoms with van der Waals surface area (Å²) in [6, 6.07) is 15.9. The minimum atomic E-state index is -1.70. The lowest BCUT2D eigenvalue weighted by atomic mass is 9.87. The van der Waals surface area contributed by atoms with Crippen LogP contribution in [0.4, 0.5) is 0 Å². The van der Waals surface area contributed by atoms with E-state index in [4.69, 9.17) is 5.73 Å². The van der Waals surface area contributed by atoms with E-state index in [1.807, 2.05) is 30.3 Å². The van der Waals surface area contributed by atoms with Gasteiger partial charge >= 0.3 is 0 Å². The molecule has 1 heterocycles. The topological polar surface area (TPSA) is 75.4 Å². The Hall–Kier alpha value is -2.44. The van der Waals surface area contributed by atoms with Crippen LogP contribution < -0.4 is 11.1 Å². The predicted molar refractivity (Wildman–Crippen MR) is 131 cm³/mol. The zero-order valence-electron chi connectivity index (χ0n) is 19.4. The second kappa shape index (κ2) is 9.20. The molecule has 32 heavy (non-hydrogen) atoms. The van der Waals surface area contributed by atoms with Crippen LogP contribution in [0.1, 0.15) is 54.1 Å². The molecule has 3 unspecified atom stereocenters. The Morgan fingerprint density at radius 1 is 1.16 bits per heavy atom. The van der Waals surface area contributed by atoms with Gasteiger partial charge in [0.1, 0.15) is 12.1 Å². The molecule has 0 spiro atoms. The fourth-order valence-electron chi connectivity index (χ4n) is 5.19. The fraction of sp³-hybridized carbons (Fsp3) is 0.462. The van der Waals surface area contributed by atoms with Crippen molar-refractivity contribution in [3.05, 3.63) is 70.8 Å². The monoisotopic (exact) mass is 449 g/mol. The van der Waals surface area contributed by atoms with Gasteiger partial charge < -0.3 is 16.0 Å². The van der Waals surface area contributed by atoms with Crippen LogP contribution in [0.25, 0.3) is 0 Å². The molecule has 0 saturated carbocycles. The smallest absolute Gasteiger partial charge is 0.244 e. The number of carbonyl (C=O) groups is 2. The van der Waals surface area contributed by atoms with Crippen LogP contribution in [-0.4, -0.2) is 37.0 Å². The minimum absolute atomic E-state index is 0.0186. The zero-order chi connectivity index (χ0) is 22.9. The largest absolute Gasteiger partial charge is 0.348 e. The van der Waals surface area contributed by atoms with Crippen molar-refractivity contribution < 1.29 is 9.59 Å². The Kier molecular flexibility index (Phi) is 6.54. The van der Waals surface area contributed by atoms with Gasteiger partial charge in [0.25, 0.3) is 0 Å². The molecule has 3 atom stereocenters. The molecule has 170 valence electrons. The molecule has 0 aromatic heterocycles. The molecule has 3 N–H and O–H groups in total. The van der Waals surface area contributed by atoms with E-state index in [1.165, 1.54) is 16.7 Å². The Morgan fingerprint density at radius 3 is 2.59 bits per heavy atom. The molecule has 1 fully saturated rings. The van der Waals surface area contributed by atoms with Gasteiger partial charge in [0.2, 0.25) is 11.8 Å². The van der Waals surface area contributed by atoms with E-state index in [9.17, 15) is 9.59 Å². The van der Waals surface area contributed by atoms with Crippen LogP contribution in [0.15, 0.2) is 48.5 Å². The van der Waals surface area contributed by atoms with Gasteiger partial charge in [0.05, 0.1) is 14.1 Å². The maximum absolute atomic E-state index is 13.4. The summed E-state index contributed by atoms with van der Waals surface area (Å²) >= 11 is 0. The first kappa shape index (κ1) is 22.7. The first-order valence-electron chi connectivity index (χ1n) is 11.8. The Balaban J connectivity index is 1.52. The predicted octanol–water partition coefficient (Wildman–Crippen LogP) is 3.90. The highest BCUT2D eigenvalue weighted by Crippen LogP contribution is 2.32. The van der Waals surface area contributed by atoms with Crippen LogP contribution >= 0.6 is 0 Å². The molecule has 1 aliphatic carbocycles. The maximum atomic E-state index is 13.4. The molecule has 1 saturated heterocycles. The Bertz CT molecular complexity index is 989. The first-order valence-corrected chi connectivity index (χ1v) is 15.2. The highest BCUT2D eigenvalue weighted by Gasteiger charge is 2.46. The van der Waals surface area contributed by atoms with Crippen LogP contribution in [-0.2, 0) is 22.4 Å². The van der Waals surface area contributed by atoms with E-state index in [1.54, 1.807) is 4.90 Å². The summed E-state index contributed by atoms with van der Waals surface area (Å²) in [5.74, 6) is -0.178. The summed E-state index contributed by atoms with van der Waals surface area (Å²) < 4.78 is 0. The highest BCUT2D eigenvalue weighted by atomic mass is 28.3. The molecule has 2 aromatic rings. The van der Waals surface area contributed by atoms with E-state index >= 15 is 0 Å². The van der Waals surface area contributed by atoms with E-state index in [0.29, 0.717) is 6.17 Å². The lowest BCUT2D eigenvalue weighted by Gasteiger charge is -2.31. The molecule has 0 radical (unpaired) electrons. The van der Waals surface area contributed by atoms with Crippen molar-refractivity contribution >= 4 is 19.9 Å². The number of aryl methyl sites for hydroxylation is 2. The number of hydrogen-bond donors (Lipinski definition) is 2. The molecule has 6 heteroatoms. The summed E-state index contributed by atoms with van der Waals surface area (Å²) in [5.41, 5.74) is 11.0. The van der Waals surface area contributed by atoms with Crippen molar-refractivity contribution in [2.75, 3.05) is 6.17 Å². The second-order valence-electron chi connectivity index (χ2n) is 10.1. The van der Waals surface area contributed by atoms with Gasteiger partial charge in [-0.1, -0.05) is 68.5 Å². The average molecular weight is 450 g/mol. The van der Waals surface area contributed by atoms with E-state index in [-0.39, 0.29) is 17.9 Å². The molecule has 2 aliphatic rings. The number of amides is 2. The fourth-order valence-corrected chi connectivity index (χ4v) is 8.07. The normalized spacial score (nSPS) is 22.8. The van der Waals surface area contributed by atoms with Crippen LogP contribution in [0.3, 0.4) is 0 Å². The van der Waals surface area contributed by atoms with Gasteiger partial charge in [-0.25, -0.2) is 0 Å². The van der Waals surface area contributed by atoms with Crippen molar-refractivity contribution in [1.29, 1.82) is 0 Å². The SMILES string of the molecule is CCc1ccc(C(N)C(=O)N2C[Si](C)(C)CC2C(=O)NC2CCCc3ccccc32)cc1. The number of rotatable bonds is 5. The second-order valence-corrected chi connectivity index (χ2v) is 15.1. The van der Waals surface area contributed by atoms with Crippen molar-refractivity contribution in [3.63, 3.8) is 0 Å². The summed E-state index contributed by atoms with van der Waals surface area (Å²) in [7, 11) is -1.70. The molecule has 4 rings (SSSR count). The van der Waals surface area contributed by atoms with Gasteiger partial charge in [-0.3, -0.25) is 9.59 Å². The van der Waals surface area contributed by atoms with Gasteiger partial charge in [0.15, 0.2) is 0 Å². The average Bonchev–Trinajstić information content (AvgIpc) is 3.14. The first-order chi connectivity index (χ1) is 15.3. The molecular weight excluding hydrogens is 414 g/mol. The van der Waals surface area contributed by atoms with Gasteiger partial charge in [-0.05, 0) is 54.0 Å². The zero-order valence-corrected chi connectivity index (χ0v) is 20.4.